The number of hydrogen-bond donors (Lipinski definition) is 3. The van der Waals surface area contributed by atoms with Crippen molar-refractivity contribution in [2.75, 3.05) is 6.61 Å². The molecule has 0 saturated heterocycles. The summed E-state index contributed by atoms with van der Waals surface area (Å²) < 4.78 is 0. The van der Waals surface area contributed by atoms with Gasteiger partial charge in [-0.2, -0.15) is 0 Å². The molecule has 1 aromatic heterocycles. The molecule has 3 N–H and O–H groups in total. The Morgan fingerprint density at radius 1 is 1.33 bits per heavy atom. The van der Waals surface area contributed by atoms with E-state index in [1.54, 1.807) is 0 Å². The molecule has 4 heteroatoms. The molecule has 0 atom stereocenters. The summed E-state index contributed by atoms with van der Waals surface area (Å²) in [7, 11) is 0. The SMILES string of the molecule is CC(C)(CO)NCc1cc2ccccc2[nH]c1=O. The standard InChI is InChI=1S/C14H18N2O2/c1-14(2,9-17)15-8-11-7-10-5-3-4-6-12(10)16-13(11)18/h3-7,15,17H,8-9H2,1-2H3,(H,16,18). The van der Waals surface area contributed by atoms with Gasteiger partial charge in [-0.05, 0) is 31.4 Å². The van der Waals surface area contributed by atoms with Gasteiger partial charge >= 0.3 is 0 Å². The highest BCUT2D eigenvalue weighted by molar-refractivity contribution is 5.78. The molecule has 1 aromatic carbocycles. The lowest BCUT2D eigenvalue weighted by atomic mass is 10.1. The molecule has 0 fully saturated rings. The molecule has 0 unspecified atom stereocenters. The van der Waals surface area contributed by atoms with Gasteiger partial charge in [0.1, 0.15) is 0 Å². The number of H-pyrrole nitrogens is 1. The zero-order chi connectivity index (χ0) is 13.2. The predicted molar refractivity (Wildman–Crippen MR) is 72.6 cm³/mol. The van der Waals surface area contributed by atoms with Crippen molar-refractivity contribution in [3.63, 3.8) is 0 Å². The third-order valence-corrected chi connectivity index (χ3v) is 2.98. The topological polar surface area (TPSA) is 65.1 Å². The second-order valence-electron chi connectivity index (χ2n) is 5.11. The predicted octanol–water partition coefficient (Wildman–Crippen LogP) is 1.39. The number of aliphatic hydroxyl groups excluding tert-OH is 1. The zero-order valence-electron chi connectivity index (χ0n) is 10.7. The molecule has 0 spiro atoms. The number of para-hydroxylation sites is 1. The highest BCUT2D eigenvalue weighted by Crippen LogP contribution is 2.10. The van der Waals surface area contributed by atoms with Crippen LogP contribution in [0.3, 0.4) is 0 Å². The lowest BCUT2D eigenvalue weighted by Gasteiger charge is -2.23. The van der Waals surface area contributed by atoms with E-state index in [9.17, 15) is 4.79 Å². The number of aromatic nitrogens is 1. The Labute approximate surface area is 106 Å². The van der Waals surface area contributed by atoms with Crippen molar-refractivity contribution in [2.45, 2.75) is 25.9 Å². The van der Waals surface area contributed by atoms with Crippen molar-refractivity contribution in [1.29, 1.82) is 0 Å². The van der Waals surface area contributed by atoms with Gasteiger partial charge in [-0.25, -0.2) is 0 Å². The van der Waals surface area contributed by atoms with E-state index in [-0.39, 0.29) is 12.2 Å². The third-order valence-electron chi connectivity index (χ3n) is 2.98. The average molecular weight is 246 g/mol. The molecule has 0 amide bonds. The summed E-state index contributed by atoms with van der Waals surface area (Å²) in [5, 5.41) is 13.3. The van der Waals surface area contributed by atoms with Crippen molar-refractivity contribution in [1.82, 2.24) is 10.3 Å². The Morgan fingerprint density at radius 3 is 2.78 bits per heavy atom. The second kappa shape index (κ2) is 4.92. The number of pyridine rings is 1. The average Bonchev–Trinajstić information content (AvgIpc) is 2.36. The maximum Gasteiger partial charge on any atom is 0.252 e. The van der Waals surface area contributed by atoms with Crippen LogP contribution >= 0.6 is 0 Å². The summed E-state index contributed by atoms with van der Waals surface area (Å²) in [5.74, 6) is 0. The molecule has 2 aromatic rings. The molecule has 2 rings (SSSR count). The summed E-state index contributed by atoms with van der Waals surface area (Å²) >= 11 is 0. The van der Waals surface area contributed by atoms with Gasteiger partial charge in [-0.1, -0.05) is 18.2 Å². The summed E-state index contributed by atoms with van der Waals surface area (Å²) in [6.07, 6.45) is 0. The van der Waals surface area contributed by atoms with Crippen LogP contribution in [0.25, 0.3) is 10.9 Å². The van der Waals surface area contributed by atoms with Crippen LogP contribution in [0.2, 0.25) is 0 Å². The minimum atomic E-state index is -0.391. The van der Waals surface area contributed by atoms with Gasteiger partial charge in [0.15, 0.2) is 0 Å². The van der Waals surface area contributed by atoms with Crippen LogP contribution in [0.1, 0.15) is 19.4 Å². The molecule has 96 valence electrons. The number of aliphatic hydroxyl groups is 1. The summed E-state index contributed by atoms with van der Waals surface area (Å²) in [6, 6.07) is 9.56. The Morgan fingerprint density at radius 2 is 2.06 bits per heavy atom. The van der Waals surface area contributed by atoms with Gasteiger partial charge in [0, 0.05) is 23.2 Å². The van der Waals surface area contributed by atoms with Crippen LogP contribution in [-0.2, 0) is 6.54 Å². The van der Waals surface area contributed by atoms with E-state index in [1.807, 2.05) is 44.2 Å². The highest BCUT2D eigenvalue weighted by atomic mass is 16.3. The maximum atomic E-state index is 11.9. The number of rotatable bonds is 4. The monoisotopic (exact) mass is 246 g/mol. The van der Waals surface area contributed by atoms with Gasteiger partial charge in [0.2, 0.25) is 0 Å². The first kappa shape index (κ1) is 12.8. The molecule has 0 aliphatic heterocycles. The fraction of sp³-hybridized carbons (Fsp3) is 0.357. The molecule has 1 heterocycles. The fourth-order valence-corrected chi connectivity index (χ4v) is 1.71. The van der Waals surface area contributed by atoms with Crippen molar-refractivity contribution < 1.29 is 5.11 Å². The Balaban J connectivity index is 2.29. The molecular weight excluding hydrogens is 228 g/mol. The van der Waals surface area contributed by atoms with E-state index in [0.29, 0.717) is 12.1 Å². The number of fused-ring (bicyclic) bond motifs is 1. The quantitative estimate of drug-likeness (QED) is 0.763. The first-order valence-corrected chi connectivity index (χ1v) is 5.99. The number of nitrogens with one attached hydrogen (secondary N) is 2. The van der Waals surface area contributed by atoms with Crippen molar-refractivity contribution >= 4 is 10.9 Å². The molecule has 0 aliphatic carbocycles. The molecule has 4 nitrogen and oxygen atoms in total. The van der Waals surface area contributed by atoms with Gasteiger partial charge in [-0.15, -0.1) is 0 Å². The normalized spacial score (nSPS) is 11.9. The third kappa shape index (κ3) is 2.78. The zero-order valence-corrected chi connectivity index (χ0v) is 10.7. The van der Waals surface area contributed by atoms with Crippen LogP contribution in [0.5, 0.6) is 0 Å². The second-order valence-corrected chi connectivity index (χ2v) is 5.11. The fourth-order valence-electron chi connectivity index (χ4n) is 1.71. The summed E-state index contributed by atoms with van der Waals surface area (Å²) in [5.41, 5.74) is 1.04. The van der Waals surface area contributed by atoms with E-state index in [0.717, 1.165) is 10.9 Å². The Kier molecular flexibility index (Phi) is 3.50. The lowest BCUT2D eigenvalue weighted by molar-refractivity contribution is 0.187. The highest BCUT2D eigenvalue weighted by Gasteiger charge is 2.15. The van der Waals surface area contributed by atoms with Crippen LogP contribution in [0.4, 0.5) is 0 Å². The van der Waals surface area contributed by atoms with Crippen LogP contribution < -0.4 is 10.9 Å². The molecule has 0 aliphatic rings. The van der Waals surface area contributed by atoms with Crippen LogP contribution in [-0.4, -0.2) is 22.2 Å². The first-order chi connectivity index (χ1) is 8.52. The van der Waals surface area contributed by atoms with Crippen LogP contribution in [0, 0.1) is 0 Å². The Bertz CT molecular complexity index is 602. The van der Waals surface area contributed by atoms with E-state index in [1.165, 1.54) is 0 Å². The Hall–Kier alpha value is -1.65. The minimum Gasteiger partial charge on any atom is -0.394 e. The van der Waals surface area contributed by atoms with E-state index in [4.69, 9.17) is 5.11 Å². The minimum absolute atomic E-state index is 0.0263. The van der Waals surface area contributed by atoms with Gasteiger partial charge in [-0.3, -0.25) is 4.79 Å². The van der Waals surface area contributed by atoms with E-state index >= 15 is 0 Å². The summed E-state index contributed by atoms with van der Waals surface area (Å²) in [6.45, 7) is 4.25. The van der Waals surface area contributed by atoms with Crippen molar-refractivity contribution in [3.05, 3.63) is 46.2 Å². The van der Waals surface area contributed by atoms with Crippen LogP contribution in [0.15, 0.2) is 35.1 Å². The largest absolute Gasteiger partial charge is 0.394 e. The first-order valence-electron chi connectivity index (χ1n) is 5.99. The molecular formula is C14H18N2O2. The van der Waals surface area contributed by atoms with Gasteiger partial charge in [0.05, 0.1) is 6.61 Å². The van der Waals surface area contributed by atoms with E-state index < -0.39 is 5.54 Å². The summed E-state index contributed by atoms with van der Waals surface area (Å²) in [4.78, 5) is 14.7. The molecule has 0 radical (unpaired) electrons. The number of benzene rings is 1. The number of aromatic amines is 1. The molecule has 0 saturated carbocycles. The number of hydrogen-bond acceptors (Lipinski definition) is 3. The lowest BCUT2D eigenvalue weighted by Crippen LogP contribution is -2.42. The van der Waals surface area contributed by atoms with Gasteiger partial charge in [0.25, 0.3) is 5.56 Å². The maximum absolute atomic E-state index is 11.9. The van der Waals surface area contributed by atoms with E-state index in [2.05, 4.69) is 10.3 Å². The van der Waals surface area contributed by atoms with Crippen molar-refractivity contribution in [2.24, 2.45) is 0 Å². The molecule has 0 bridgehead atoms. The van der Waals surface area contributed by atoms with Crippen molar-refractivity contribution in [3.8, 4) is 0 Å². The molecule has 18 heavy (non-hydrogen) atoms. The smallest absolute Gasteiger partial charge is 0.252 e. The van der Waals surface area contributed by atoms with Gasteiger partial charge < -0.3 is 15.4 Å².